The number of nitrogens with two attached hydrogens (primary N) is 1. The molecule has 2 N–H and O–H groups in total. The van der Waals surface area contributed by atoms with Crippen LogP contribution in [0.3, 0.4) is 0 Å². The van der Waals surface area contributed by atoms with Gasteiger partial charge in [0, 0.05) is 18.0 Å². The summed E-state index contributed by atoms with van der Waals surface area (Å²) in [7, 11) is 0. The molecule has 2 heterocycles. The van der Waals surface area contributed by atoms with Crippen LogP contribution in [0.15, 0.2) is 46.2 Å². The predicted molar refractivity (Wildman–Crippen MR) is 80.5 cm³/mol. The first-order valence-corrected chi connectivity index (χ1v) is 7.30. The van der Waals surface area contributed by atoms with Crippen molar-refractivity contribution in [2.75, 3.05) is 5.73 Å². The Bertz CT molecular complexity index is 758. The van der Waals surface area contributed by atoms with Crippen LogP contribution in [0.4, 0.5) is 5.82 Å². The summed E-state index contributed by atoms with van der Waals surface area (Å²) in [5.74, 6) is 2.03. The van der Waals surface area contributed by atoms with E-state index in [-0.39, 0.29) is 0 Å². The summed E-state index contributed by atoms with van der Waals surface area (Å²) in [6.07, 6.45) is 3.16. The summed E-state index contributed by atoms with van der Waals surface area (Å²) in [6.45, 7) is 2.01. The van der Waals surface area contributed by atoms with Crippen molar-refractivity contribution < 1.29 is 4.52 Å². The van der Waals surface area contributed by atoms with Crippen molar-refractivity contribution in [1.29, 1.82) is 0 Å². The second-order valence-corrected chi connectivity index (χ2v) is 5.33. The van der Waals surface area contributed by atoms with Crippen LogP contribution >= 0.6 is 11.8 Å². The fourth-order valence-electron chi connectivity index (χ4n) is 1.82. The zero-order chi connectivity index (χ0) is 14.7. The highest BCUT2D eigenvalue weighted by Gasteiger charge is 2.11. The molecule has 0 bridgehead atoms. The van der Waals surface area contributed by atoms with Gasteiger partial charge in [-0.2, -0.15) is 4.98 Å². The summed E-state index contributed by atoms with van der Waals surface area (Å²) in [6, 6.07) is 7.91. The lowest BCUT2D eigenvalue weighted by Gasteiger charge is -1.99. The van der Waals surface area contributed by atoms with Crippen molar-refractivity contribution in [3.63, 3.8) is 0 Å². The van der Waals surface area contributed by atoms with E-state index in [4.69, 9.17) is 10.3 Å². The van der Waals surface area contributed by atoms with Crippen LogP contribution in [0, 0.1) is 6.92 Å². The third kappa shape index (κ3) is 3.03. The fourth-order valence-corrected chi connectivity index (χ4v) is 2.54. The molecule has 0 spiro atoms. The molecule has 0 radical (unpaired) electrons. The van der Waals surface area contributed by atoms with Crippen LogP contribution < -0.4 is 5.73 Å². The van der Waals surface area contributed by atoms with Crippen molar-refractivity contribution >= 4 is 17.6 Å². The maximum Gasteiger partial charge on any atom is 0.237 e. The van der Waals surface area contributed by atoms with Gasteiger partial charge in [-0.3, -0.25) is 0 Å². The first-order valence-electron chi connectivity index (χ1n) is 6.32. The number of aromatic nitrogens is 4. The smallest absolute Gasteiger partial charge is 0.237 e. The number of anilines is 1. The predicted octanol–water partition coefficient (Wildman–Crippen LogP) is 2.71. The van der Waals surface area contributed by atoms with Crippen molar-refractivity contribution in [2.24, 2.45) is 0 Å². The Kier molecular flexibility index (Phi) is 3.83. The van der Waals surface area contributed by atoms with Gasteiger partial charge in [-0.05, 0) is 12.5 Å². The standard InChI is InChI=1S/C14H13N5OS/c1-9-4-2-3-5-10(9)13-18-11(20-19-13)8-21-14-12(15)16-6-7-17-14/h2-7H,8H2,1H3,(H2,15,16). The van der Waals surface area contributed by atoms with Gasteiger partial charge in [0.25, 0.3) is 0 Å². The monoisotopic (exact) mass is 299 g/mol. The van der Waals surface area contributed by atoms with Crippen LogP contribution in [0.5, 0.6) is 0 Å². The van der Waals surface area contributed by atoms with E-state index in [0.29, 0.717) is 28.3 Å². The first-order chi connectivity index (χ1) is 10.2. The summed E-state index contributed by atoms with van der Waals surface area (Å²) < 4.78 is 5.26. The minimum atomic E-state index is 0.404. The Labute approximate surface area is 125 Å². The van der Waals surface area contributed by atoms with Crippen molar-refractivity contribution in [2.45, 2.75) is 17.7 Å². The van der Waals surface area contributed by atoms with E-state index < -0.39 is 0 Å². The molecule has 3 rings (SSSR count). The minimum absolute atomic E-state index is 0.404. The molecule has 0 aliphatic rings. The average Bonchev–Trinajstić information content (AvgIpc) is 2.96. The van der Waals surface area contributed by atoms with E-state index in [0.717, 1.165) is 11.1 Å². The summed E-state index contributed by atoms with van der Waals surface area (Å²) in [5, 5.41) is 4.68. The summed E-state index contributed by atoms with van der Waals surface area (Å²) in [4.78, 5) is 12.5. The molecule has 1 aromatic carbocycles. The van der Waals surface area contributed by atoms with E-state index >= 15 is 0 Å². The third-order valence-corrected chi connectivity index (χ3v) is 3.86. The van der Waals surface area contributed by atoms with Gasteiger partial charge in [0.2, 0.25) is 11.7 Å². The van der Waals surface area contributed by atoms with Gasteiger partial charge in [0.15, 0.2) is 5.82 Å². The fraction of sp³-hybridized carbons (Fsp3) is 0.143. The Morgan fingerprint density at radius 2 is 2.00 bits per heavy atom. The molecule has 0 saturated carbocycles. The largest absolute Gasteiger partial charge is 0.381 e. The number of hydrogen-bond acceptors (Lipinski definition) is 7. The number of rotatable bonds is 4. The molecule has 21 heavy (non-hydrogen) atoms. The topological polar surface area (TPSA) is 90.7 Å². The van der Waals surface area contributed by atoms with Crippen LogP contribution in [0.25, 0.3) is 11.4 Å². The highest BCUT2D eigenvalue weighted by Crippen LogP contribution is 2.25. The van der Waals surface area contributed by atoms with Gasteiger partial charge < -0.3 is 10.3 Å². The highest BCUT2D eigenvalue weighted by molar-refractivity contribution is 7.98. The number of aryl methyl sites for hydroxylation is 1. The number of thioether (sulfide) groups is 1. The number of nitrogens with zero attached hydrogens (tertiary/aromatic N) is 4. The molecule has 0 fully saturated rings. The lowest BCUT2D eigenvalue weighted by molar-refractivity contribution is 0.391. The number of nitrogen functional groups attached to an aromatic ring is 1. The molecule has 0 saturated heterocycles. The van der Waals surface area contributed by atoms with E-state index in [9.17, 15) is 0 Å². The maximum atomic E-state index is 5.74. The molecule has 0 amide bonds. The van der Waals surface area contributed by atoms with Crippen LogP contribution in [-0.4, -0.2) is 20.1 Å². The average molecular weight is 299 g/mol. The maximum absolute atomic E-state index is 5.74. The highest BCUT2D eigenvalue weighted by atomic mass is 32.2. The van der Waals surface area contributed by atoms with E-state index in [2.05, 4.69) is 20.1 Å². The third-order valence-electron chi connectivity index (χ3n) is 2.88. The molecule has 2 aromatic heterocycles. The summed E-state index contributed by atoms with van der Waals surface area (Å²) in [5.41, 5.74) is 7.82. The number of hydrogen-bond donors (Lipinski definition) is 1. The van der Waals surface area contributed by atoms with Gasteiger partial charge in [-0.1, -0.05) is 41.2 Å². The lowest BCUT2D eigenvalue weighted by atomic mass is 10.1. The molecule has 6 nitrogen and oxygen atoms in total. The van der Waals surface area contributed by atoms with Gasteiger partial charge in [-0.25, -0.2) is 9.97 Å². The van der Waals surface area contributed by atoms with Crippen molar-refractivity contribution in [3.05, 3.63) is 48.1 Å². The molecule has 7 heteroatoms. The van der Waals surface area contributed by atoms with Crippen molar-refractivity contribution in [3.8, 4) is 11.4 Å². The molecule has 106 valence electrons. The van der Waals surface area contributed by atoms with Gasteiger partial charge in [0.1, 0.15) is 5.03 Å². The Morgan fingerprint density at radius 1 is 1.19 bits per heavy atom. The van der Waals surface area contributed by atoms with E-state index in [1.165, 1.54) is 11.8 Å². The zero-order valence-electron chi connectivity index (χ0n) is 11.4. The SMILES string of the molecule is Cc1ccccc1-c1noc(CSc2nccnc2N)n1. The lowest BCUT2D eigenvalue weighted by Crippen LogP contribution is -1.95. The molecule has 0 unspecified atom stereocenters. The Morgan fingerprint density at radius 3 is 2.81 bits per heavy atom. The zero-order valence-corrected chi connectivity index (χ0v) is 12.2. The second kappa shape index (κ2) is 5.92. The Hall–Kier alpha value is -2.41. The first kappa shape index (κ1) is 13.6. The molecular formula is C14H13N5OS. The van der Waals surface area contributed by atoms with E-state index in [1.54, 1.807) is 12.4 Å². The van der Waals surface area contributed by atoms with Crippen LogP contribution in [0.2, 0.25) is 0 Å². The van der Waals surface area contributed by atoms with E-state index in [1.807, 2.05) is 31.2 Å². The quantitative estimate of drug-likeness (QED) is 0.740. The minimum Gasteiger partial charge on any atom is -0.381 e. The molecule has 0 aliphatic carbocycles. The van der Waals surface area contributed by atoms with Crippen molar-refractivity contribution in [1.82, 2.24) is 20.1 Å². The van der Waals surface area contributed by atoms with Crippen LogP contribution in [0.1, 0.15) is 11.5 Å². The second-order valence-electron chi connectivity index (χ2n) is 4.36. The van der Waals surface area contributed by atoms with Gasteiger partial charge in [0.05, 0.1) is 5.75 Å². The molecule has 0 atom stereocenters. The molecular weight excluding hydrogens is 286 g/mol. The van der Waals surface area contributed by atoms with Gasteiger partial charge in [-0.15, -0.1) is 0 Å². The Balaban J connectivity index is 1.74. The molecule has 3 aromatic rings. The number of benzene rings is 1. The van der Waals surface area contributed by atoms with Gasteiger partial charge >= 0.3 is 0 Å². The summed E-state index contributed by atoms with van der Waals surface area (Å²) >= 11 is 1.42. The van der Waals surface area contributed by atoms with Crippen LogP contribution in [-0.2, 0) is 5.75 Å². The molecule has 0 aliphatic heterocycles. The normalized spacial score (nSPS) is 10.7.